The Morgan fingerprint density at radius 3 is 2.47 bits per heavy atom. The average Bonchev–Trinajstić information content (AvgIpc) is 2.15. The monoisotopic (exact) mass is 241 g/mol. The number of benzene rings is 1. The molecule has 0 aliphatic rings. The molecule has 5 nitrogen and oxygen atoms in total. The van der Waals surface area contributed by atoms with Crippen LogP contribution in [-0.2, 0) is 10.3 Å². The summed E-state index contributed by atoms with van der Waals surface area (Å²) in [5.41, 5.74) is -0.252. The molecule has 0 radical (unpaired) electrons. The van der Waals surface area contributed by atoms with Gasteiger partial charge in [0.15, 0.2) is 0 Å². The molecule has 0 aromatic heterocycles. The predicted molar refractivity (Wildman–Crippen MR) is 57.5 cm³/mol. The number of hydrogen-bond acceptors (Lipinski definition) is 4. The Bertz CT molecular complexity index is 465. The minimum Gasteiger partial charge on any atom is -0.263 e. The summed E-state index contributed by atoms with van der Waals surface area (Å²) in [5.74, 6) is -1.57. The fourth-order valence-corrected chi connectivity index (χ4v) is 1.35. The van der Waals surface area contributed by atoms with Crippen LogP contribution in [0, 0.1) is 15.9 Å². The van der Waals surface area contributed by atoms with Gasteiger partial charge in [0.25, 0.3) is 0 Å². The molecule has 0 N–H and O–H groups in total. The van der Waals surface area contributed by atoms with Gasteiger partial charge in [-0.25, -0.2) is 9.23 Å². The lowest BCUT2D eigenvalue weighted by Gasteiger charge is -2.20. The average molecular weight is 241 g/mol. The molecule has 6 heteroatoms. The van der Waals surface area contributed by atoms with E-state index in [4.69, 9.17) is 0 Å². The van der Waals surface area contributed by atoms with Crippen molar-refractivity contribution in [2.75, 3.05) is 0 Å². The number of nitrogens with zero attached hydrogens (tertiary/aromatic N) is 1. The maximum Gasteiger partial charge on any atom is 0.334 e. The van der Waals surface area contributed by atoms with Gasteiger partial charge in [0.1, 0.15) is 5.82 Å². The summed E-state index contributed by atoms with van der Waals surface area (Å²) >= 11 is 0. The summed E-state index contributed by atoms with van der Waals surface area (Å²) in [6.45, 7) is 5.32. The zero-order valence-corrected chi connectivity index (χ0v) is 9.69. The fourth-order valence-electron chi connectivity index (χ4n) is 1.35. The summed E-state index contributed by atoms with van der Waals surface area (Å²) in [6.07, 6.45) is 0. The summed E-state index contributed by atoms with van der Waals surface area (Å²) in [5, 5.41) is 8.83. The number of halogens is 1. The second-order valence-electron chi connectivity index (χ2n) is 4.55. The quantitative estimate of drug-likeness (QED) is 0.589. The third-order valence-corrected chi connectivity index (χ3v) is 2.17. The van der Waals surface area contributed by atoms with E-state index in [1.165, 1.54) is 6.07 Å². The van der Waals surface area contributed by atoms with Crippen LogP contribution >= 0.6 is 0 Å². The van der Waals surface area contributed by atoms with E-state index in [9.17, 15) is 19.3 Å². The molecule has 0 saturated heterocycles. The standard InChI is InChI=1S/C11H12FNO4/c1-11(2,3)8-6-7(4-5-9(8)12)10(14)17-13(15)16/h4-6H,1-3H3. The van der Waals surface area contributed by atoms with E-state index < -0.39 is 22.3 Å². The molecule has 0 saturated carbocycles. The highest BCUT2D eigenvalue weighted by Gasteiger charge is 2.21. The number of carbonyl (C=O) groups excluding carboxylic acids is 1. The van der Waals surface area contributed by atoms with Crippen molar-refractivity contribution in [3.05, 3.63) is 45.3 Å². The van der Waals surface area contributed by atoms with Gasteiger partial charge in [-0.3, -0.25) is 4.79 Å². The third-order valence-electron chi connectivity index (χ3n) is 2.17. The van der Waals surface area contributed by atoms with Gasteiger partial charge in [0.05, 0.1) is 0 Å². The highest BCUT2D eigenvalue weighted by molar-refractivity contribution is 5.89. The van der Waals surface area contributed by atoms with Gasteiger partial charge < -0.3 is 0 Å². The SMILES string of the molecule is CC(C)(C)c1cc(C(=O)O[N+](=O)[O-])ccc1F. The van der Waals surface area contributed by atoms with Crippen LogP contribution in [0.15, 0.2) is 18.2 Å². The first-order valence-electron chi connectivity index (χ1n) is 4.88. The van der Waals surface area contributed by atoms with E-state index in [0.717, 1.165) is 12.1 Å². The van der Waals surface area contributed by atoms with Gasteiger partial charge >= 0.3 is 11.1 Å². The Hall–Kier alpha value is -1.98. The van der Waals surface area contributed by atoms with Gasteiger partial charge in [-0.05, 0) is 29.2 Å². The largest absolute Gasteiger partial charge is 0.334 e. The summed E-state index contributed by atoms with van der Waals surface area (Å²) in [4.78, 5) is 25.1. The molecule has 92 valence electrons. The van der Waals surface area contributed by atoms with Crippen molar-refractivity contribution in [2.45, 2.75) is 26.2 Å². The molecule has 17 heavy (non-hydrogen) atoms. The second-order valence-corrected chi connectivity index (χ2v) is 4.55. The third kappa shape index (κ3) is 3.24. The molecule has 1 rings (SSSR count). The second kappa shape index (κ2) is 4.48. The lowest BCUT2D eigenvalue weighted by molar-refractivity contribution is -0.727. The highest BCUT2D eigenvalue weighted by atomic mass is 19.1. The minimum absolute atomic E-state index is 0.0481. The zero-order valence-electron chi connectivity index (χ0n) is 9.69. The molecule has 0 bridgehead atoms. The van der Waals surface area contributed by atoms with Crippen LogP contribution in [0.3, 0.4) is 0 Å². The van der Waals surface area contributed by atoms with Crippen LogP contribution < -0.4 is 0 Å². The first-order chi connectivity index (χ1) is 7.71. The molecule has 0 heterocycles. The molecule has 0 amide bonds. The van der Waals surface area contributed by atoms with E-state index >= 15 is 0 Å². The molecular formula is C11H12FNO4. The molecule has 0 aliphatic heterocycles. The first kappa shape index (κ1) is 13.1. The topological polar surface area (TPSA) is 69.4 Å². The highest BCUT2D eigenvalue weighted by Crippen LogP contribution is 2.26. The first-order valence-corrected chi connectivity index (χ1v) is 4.88. The van der Waals surface area contributed by atoms with Crippen molar-refractivity contribution in [3.63, 3.8) is 0 Å². The number of rotatable bonds is 2. The Morgan fingerprint density at radius 2 is 2.00 bits per heavy atom. The van der Waals surface area contributed by atoms with Crippen molar-refractivity contribution in [2.24, 2.45) is 0 Å². The van der Waals surface area contributed by atoms with Crippen molar-refractivity contribution in [1.82, 2.24) is 0 Å². The van der Waals surface area contributed by atoms with E-state index in [-0.39, 0.29) is 5.56 Å². The lowest BCUT2D eigenvalue weighted by Crippen LogP contribution is -2.16. The predicted octanol–water partition coefficient (Wildman–Crippen LogP) is 2.47. The molecular weight excluding hydrogens is 229 g/mol. The normalized spacial score (nSPS) is 11.1. The molecule has 0 spiro atoms. The van der Waals surface area contributed by atoms with E-state index in [0.29, 0.717) is 5.56 Å². The van der Waals surface area contributed by atoms with Crippen LogP contribution in [0.5, 0.6) is 0 Å². The molecule has 0 aliphatic carbocycles. The summed E-state index contributed by atoms with van der Waals surface area (Å²) in [6, 6.07) is 3.51. The molecule has 0 unspecified atom stereocenters. The number of hydrogen-bond donors (Lipinski definition) is 0. The molecule has 0 atom stereocenters. The van der Waals surface area contributed by atoms with E-state index in [1.54, 1.807) is 20.8 Å². The van der Waals surface area contributed by atoms with Crippen LogP contribution in [-0.4, -0.2) is 11.1 Å². The van der Waals surface area contributed by atoms with Crippen molar-refractivity contribution < 1.29 is 19.1 Å². The summed E-state index contributed by atoms with van der Waals surface area (Å²) in [7, 11) is 0. The number of carbonyl (C=O) groups is 1. The zero-order chi connectivity index (χ0) is 13.2. The van der Waals surface area contributed by atoms with Gasteiger partial charge in [-0.15, -0.1) is 10.1 Å². The lowest BCUT2D eigenvalue weighted by atomic mass is 9.86. The van der Waals surface area contributed by atoms with Crippen molar-refractivity contribution >= 4 is 5.97 Å². The van der Waals surface area contributed by atoms with Crippen LogP contribution in [0.25, 0.3) is 0 Å². The van der Waals surface area contributed by atoms with Gasteiger partial charge in [0, 0.05) is 5.56 Å². The Labute approximate surface area is 97.3 Å². The van der Waals surface area contributed by atoms with Crippen LogP contribution in [0.2, 0.25) is 0 Å². The van der Waals surface area contributed by atoms with Gasteiger partial charge in [0.2, 0.25) is 0 Å². The Kier molecular flexibility index (Phi) is 3.45. The Balaban J connectivity index is 3.13. The van der Waals surface area contributed by atoms with E-state index in [1.807, 2.05) is 0 Å². The molecule has 1 aromatic rings. The minimum atomic E-state index is -1.19. The van der Waals surface area contributed by atoms with E-state index in [2.05, 4.69) is 4.84 Å². The smallest absolute Gasteiger partial charge is 0.263 e. The molecule has 1 aromatic carbocycles. The van der Waals surface area contributed by atoms with Gasteiger partial charge in [-0.1, -0.05) is 20.8 Å². The molecule has 0 fully saturated rings. The maximum atomic E-state index is 13.5. The Morgan fingerprint density at radius 1 is 1.41 bits per heavy atom. The van der Waals surface area contributed by atoms with Crippen molar-refractivity contribution in [1.29, 1.82) is 0 Å². The van der Waals surface area contributed by atoms with Crippen LogP contribution in [0.4, 0.5) is 4.39 Å². The van der Waals surface area contributed by atoms with Gasteiger partial charge in [-0.2, -0.15) is 0 Å². The van der Waals surface area contributed by atoms with Crippen molar-refractivity contribution in [3.8, 4) is 0 Å². The summed E-state index contributed by atoms with van der Waals surface area (Å²) < 4.78 is 13.5. The maximum absolute atomic E-state index is 13.5. The fraction of sp³-hybridized carbons (Fsp3) is 0.364. The van der Waals surface area contributed by atoms with Crippen LogP contribution in [0.1, 0.15) is 36.7 Å².